The van der Waals surface area contributed by atoms with Crippen LogP contribution in [0.15, 0.2) is 36.4 Å². The van der Waals surface area contributed by atoms with Crippen molar-refractivity contribution in [1.82, 2.24) is 0 Å². The highest BCUT2D eigenvalue weighted by Gasteiger charge is 2.19. The molecule has 6 heteroatoms. The highest BCUT2D eigenvalue weighted by molar-refractivity contribution is 5.94. The molecule has 0 spiro atoms. The third-order valence-corrected chi connectivity index (χ3v) is 3.94. The highest BCUT2D eigenvalue weighted by atomic mass is 19.1. The first-order valence-electron chi connectivity index (χ1n) is 8.00. The third kappa shape index (κ3) is 4.70. The molecule has 0 aromatic heterocycles. The van der Waals surface area contributed by atoms with Crippen molar-refractivity contribution >= 4 is 11.6 Å². The summed E-state index contributed by atoms with van der Waals surface area (Å²) in [5.74, 6) is 0.119. The normalized spacial score (nSPS) is 13.0. The van der Waals surface area contributed by atoms with E-state index < -0.39 is 11.7 Å². The fraction of sp³-hybridized carbons (Fsp3) is 0.316. The van der Waals surface area contributed by atoms with Crippen molar-refractivity contribution in [3.05, 3.63) is 47.8 Å². The van der Waals surface area contributed by atoms with Crippen LogP contribution in [0.25, 0.3) is 0 Å². The van der Waals surface area contributed by atoms with Gasteiger partial charge in [-0.1, -0.05) is 13.0 Å². The SMILES string of the molecule is COc1cc(C)ccc1Oc1ccc(F)cc1NC(=O)C(C)C(C)N. The quantitative estimate of drug-likeness (QED) is 0.833. The molecule has 2 rings (SSSR count). The Labute approximate surface area is 146 Å². The molecule has 0 saturated heterocycles. The number of nitrogens with one attached hydrogen (secondary N) is 1. The van der Waals surface area contributed by atoms with Crippen LogP contribution in [-0.2, 0) is 4.79 Å². The van der Waals surface area contributed by atoms with Gasteiger partial charge in [0, 0.05) is 12.1 Å². The van der Waals surface area contributed by atoms with Crippen molar-refractivity contribution in [3.8, 4) is 17.2 Å². The standard InChI is InChI=1S/C19H23FN2O3/c1-11-5-7-17(18(9-11)24-4)25-16-8-6-14(20)10-15(16)22-19(23)12(2)13(3)21/h5-10,12-13H,21H2,1-4H3,(H,22,23). The van der Waals surface area contributed by atoms with Crippen molar-refractivity contribution in [1.29, 1.82) is 0 Å². The maximum absolute atomic E-state index is 13.6. The predicted molar refractivity (Wildman–Crippen MR) is 95.6 cm³/mol. The maximum Gasteiger partial charge on any atom is 0.228 e. The average Bonchev–Trinajstić information content (AvgIpc) is 2.57. The Morgan fingerprint density at radius 2 is 1.80 bits per heavy atom. The van der Waals surface area contributed by atoms with E-state index in [2.05, 4.69) is 5.32 Å². The minimum Gasteiger partial charge on any atom is -0.493 e. The van der Waals surface area contributed by atoms with Crippen LogP contribution >= 0.6 is 0 Å². The van der Waals surface area contributed by atoms with Crippen molar-refractivity contribution in [3.63, 3.8) is 0 Å². The lowest BCUT2D eigenvalue weighted by molar-refractivity contribution is -0.119. The summed E-state index contributed by atoms with van der Waals surface area (Å²) < 4.78 is 24.8. The minimum atomic E-state index is -0.480. The molecule has 0 aliphatic rings. The molecule has 0 saturated carbocycles. The number of nitrogens with two attached hydrogens (primary N) is 1. The lowest BCUT2D eigenvalue weighted by Crippen LogP contribution is -2.34. The van der Waals surface area contributed by atoms with Crippen LogP contribution in [0, 0.1) is 18.7 Å². The number of halogens is 1. The van der Waals surface area contributed by atoms with Gasteiger partial charge >= 0.3 is 0 Å². The maximum atomic E-state index is 13.6. The van der Waals surface area contributed by atoms with Crippen molar-refractivity contribution in [2.75, 3.05) is 12.4 Å². The van der Waals surface area contributed by atoms with Gasteiger partial charge in [0.25, 0.3) is 0 Å². The van der Waals surface area contributed by atoms with Crippen molar-refractivity contribution in [2.45, 2.75) is 26.8 Å². The number of carbonyl (C=O) groups excluding carboxylic acids is 1. The number of hydrogen-bond donors (Lipinski definition) is 2. The Morgan fingerprint density at radius 1 is 1.12 bits per heavy atom. The van der Waals surface area contributed by atoms with E-state index in [4.69, 9.17) is 15.2 Å². The van der Waals surface area contributed by atoms with Crippen LogP contribution in [0.2, 0.25) is 0 Å². The summed E-state index contributed by atoms with van der Waals surface area (Å²) in [4.78, 5) is 12.2. The molecule has 0 fully saturated rings. The first-order valence-corrected chi connectivity index (χ1v) is 8.00. The number of ether oxygens (including phenoxy) is 2. The predicted octanol–water partition coefficient (Wildman–Crippen LogP) is 3.86. The van der Waals surface area contributed by atoms with Gasteiger partial charge in [0.1, 0.15) is 5.82 Å². The number of aryl methyl sites for hydroxylation is 1. The summed E-state index contributed by atoms with van der Waals surface area (Å²) in [6.45, 7) is 5.39. The van der Waals surface area contributed by atoms with Crippen LogP contribution < -0.4 is 20.5 Å². The van der Waals surface area contributed by atoms with Gasteiger partial charge in [-0.3, -0.25) is 4.79 Å². The van der Waals surface area contributed by atoms with E-state index in [0.717, 1.165) is 5.56 Å². The number of amides is 1. The number of rotatable bonds is 6. The summed E-state index contributed by atoms with van der Waals surface area (Å²) in [6, 6.07) is 9.07. The Balaban J connectivity index is 2.31. The minimum absolute atomic E-state index is 0.236. The lowest BCUT2D eigenvalue weighted by Gasteiger charge is -2.18. The lowest BCUT2D eigenvalue weighted by atomic mass is 10.0. The summed E-state index contributed by atoms with van der Waals surface area (Å²) in [5, 5.41) is 2.68. The van der Waals surface area contributed by atoms with E-state index in [1.54, 1.807) is 27.0 Å². The largest absolute Gasteiger partial charge is 0.493 e. The van der Waals surface area contributed by atoms with Gasteiger partial charge < -0.3 is 20.5 Å². The van der Waals surface area contributed by atoms with Gasteiger partial charge in [0.05, 0.1) is 18.7 Å². The van der Waals surface area contributed by atoms with Crippen LogP contribution in [0.3, 0.4) is 0 Å². The number of carbonyl (C=O) groups is 1. The fourth-order valence-electron chi connectivity index (χ4n) is 2.15. The molecule has 1 amide bonds. The van der Waals surface area contributed by atoms with Crippen LogP contribution in [-0.4, -0.2) is 19.1 Å². The van der Waals surface area contributed by atoms with E-state index in [1.807, 2.05) is 19.1 Å². The Hall–Kier alpha value is -2.60. The van der Waals surface area contributed by atoms with E-state index in [-0.39, 0.29) is 17.6 Å². The second-order valence-electron chi connectivity index (χ2n) is 6.03. The average molecular weight is 346 g/mol. The molecule has 2 unspecified atom stereocenters. The summed E-state index contributed by atoms with van der Waals surface area (Å²) >= 11 is 0. The second kappa shape index (κ2) is 7.98. The summed E-state index contributed by atoms with van der Waals surface area (Å²) in [7, 11) is 1.54. The molecule has 0 radical (unpaired) electrons. The summed E-state index contributed by atoms with van der Waals surface area (Å²) in [6.07, 6.45) is 0. The zero-order valence-corrected chi connectivity index (χ0v) is 14.8. The summed E-state index contributed by atoms with van der Waals surface area (Å²) in [5.41, 5.74) is 7.00. The van der Waals surface area contributed by atoms with Gasteiger partial charge in [-0.05, 0) is 43.7 Å². The smallest absolute Gasteiger partial charge is 0.228 e. The Kier molecular flexibility index (Phi) is 5.98. The first-order chi connectivity index (χ1) is 11.8. The molecule has 0 aliphatic heterocycles. The van der Waals surface area contributed by atoms with Crippen molar-refractivity contribution < 1.29 is 18.7 Å². The topological polar surface area (TPSA) is 73.6 Å². The molecule has 134 valence electrons. The molecule has 25 heavy (non-hydrogen) atoms. The first kappa shape index (κ1) is 18.7. The van der Waals surface area contributed by atoms with Crippen LogP contribution in [0.5, 0.6) is 17.2 Å². The monoisotopic (exact) mass is 346 g/mol. The van der Waals surface area contributed by atoms with Crippen LogP contribution in [0.4, 0.5) is 10.1 Å². The zero-order valence-electron chi connectivity index (χ0n) is 14.8. The van der Waals surface area contributed by atoms with E-state index in [9.17, 15) is 9.18 Å². The Bertz CT molecular complexity index is 762. The number of methoxy groups -OCH3 is 1. The zero-order chi connectivity index (χ0) is 18.6. The van der Waals surface area contributed by atoms with E-state index >= 15 is 0 Å². The molecule has 5 nitrogen and oxygen atoms in total. The molecule has 2 atom stereocenters. The number of benzene rings is 2. The van der Waals surface area contributed by atoms with Gasteiger partial charge in [0.2, 0.25) is 5.91 Å². The van der Waals surface area contributed by atoms with Gasteiger partial charge in [-0.2, -0.15) is 0 Å². The van der Waals surface area contributed by atoms with E-state index in [1.165, 1.54) is 18.2 Å². The van der Waals surface area contributed by atoms with Crippen molar-refractivity contribution in [2.24, 2.45) is 11.7 Å². The van der Waals surface area contributed by atoms with Gasteiger partial charge in [-0.15, -0.1) is 0 Å². The molecule has 0 heterocycles. The molecule has 2 aromatic rings. The van der Waals surface area contributed by atoms with Gasteiger partial charge in [0.15, 0.2) is 17.2 Å². The number of anilines is 1. The molecule has 0 aliphatic carbocycles. The fourth-order valence-corrected chi connectivity index (χ4v) is 2.15. The third-order valence-electron chi connectivity index (χ3n) is 3.94. The van der Waals surface area contributed by atoms with Crippen LogP contribution in [0.1, 0.15) is 19.4 Å². The second-order valence-corrected chi connectivity index (χ2v) is 6.03. The molecule has 2 aromatic carbocycles. The van der Waals surface area contributed by atoms with Gasteiger partial charge in [-0.25, -0.2) is 4.39 Å². The molecular weight excluding hydrogens is 323 g/mol. The molecule has 0 bridgehead atoms. The molecular formula is C19H23FN2O3. The highest BCUT2D eigenvalue weighted by Crippen LogP contribution is 2.36. The Morgan fingerprint density at radius 3 is 2.44 bits per heavy atom. The van der Waals surface area contributed by atoms with E-state index in [0.29, 0.717) is 17.2 Å². The number of hydrogen-bond acceptors (Lipinski definition) is 4. The molecule has 3 N–H and O–H groups in total.